The lowest BCUT2D eigenvalue weighted by Gasteiger charge is -2.12. The Morgan fingerprint density at radius 2 is 2.18 bits per heavy atom. The van der Waals surface area contributed by atoms with Crippen LogP contribution in [0.4, 0.5) is 0 Å². The number of rotatable bonds is 6. The Labute approximate surface area is 138 Å². The second-order valence-corrected chi connectivity index (χ2v) is 7.10. The van der Waals surface area contributed by atoms with Crippen LogP contribution < -0.4 is 5.32 Å². The molecule has 0 unspecified atom stereocenters. The highest BCUT2D eigenvalue weighted by Crippen LogP contribution is 2.37. The fourth-order valence-corrected chi connectivity index (χ4v) is 3.11. The number of benzene rings is 1. The average Bonchev–Trinajstić information content (AvgIpc) is 3.26. The Bertz CT molecular complexity index is 654. The van der Waals surface area contributed by atoms with Crippen molar-refractivity contribution >= 4 is 29.3 Å². The minimum absolute atomic E-state index is 0.00898. The molecule has 0 saturated heterocycles. The van der Waals surface area contributed by atoms with Gasteiger partial charge in [0.25, 0.3) is 0 Å². The van der Waals surface area contributed by atoms with Crippen molar-refractivity contribution in [1.82, 2.24) is 20.1 Å². The predicted molar refractivity (Wildman–Crippen MR) is 86.9 cm³/mol. The lowest BCUT2D eigenvalue weighted by molar-refractivity contribution is -0.120. The first-order valence-corrected chi connectivity index (χ1v) is 8.47. The minimum Gasteiger partial charge on any atom is -0.351 e. The molecule has 1 atom stereocenters. The number of halogens is 1. The highest BCUT2D eigenvalue weighted by molar-refractivity contribution is 8.00. The highest BCUT2D eigenvalue weighted by Gasteiger charge is 2.27. The smallest absolute Gasteiger partial charge is 0.233 e. The normalized spacial score (nSPS) is 15.5. The number of hydrogen-bond acceptors (Lipinski definition) is 4. The Kier molecular flexibility index (Phi) is 4.69. The van der Waals surface area contributed by atoms with Gasteiger partial charge < -0.3 is 9.88 Å². The van der Waals surface area contributed by atoms with Crippen LogP contribution >= 0.6 is 23.4 Å². The zero-order valence-electron chi connectivity index (χ0n) is 12.2. The molecule has 1 N–H and O–H groups in total. The summed E-state index contributed by atoms with van der Waals surface area (Å²) >= 11 is 7.29. The van der Waals surface area contributed by atoms with E-state index in [1.54, 1.807) is 6.33 Å². The summed E-state index contributed by atoms with van der Waals surface area (Å²) in [6, 6.07) is 7.97. The van der Waals surface area contributed by atoms with E-state index in [1.807, 2.05) is 31.2 Å². The van der Waals surface area contributed by atoms with Gasteiger partial charge in [0, 0.05) is 17.6 Å². The van der Waals surface area contributed by atoms with Crippen molar-refractivity contribution in [2.75, 3.05) is 0 Å². The molecule has 116 valence electrons. The zero-order chi connectivity index (χ0) is 15.5. The molecule has 2 aromatic rings. The third kappa shape index (κ3) is 3.81. The van der Waals surface area contributed by atoms with E-state index in [1.165, 1.54) is 24.6 Å². The number of carbonyl (C=O) groups is 1. The molecule has 5 nitrogen and oxygen atoms in total. The van der Waals surface area contributed by atoms with Gasteiger partial charge in [-0.2, -0.15) is 0 Å². The molecule has 1 aliphatic carbocycles. The van der Waals surface area contributed by atoms with Gasteiger partial charge in [-0.1, -0.05) is 35.5 Å². The number of nitrogens with zero attached hydrogens (tertiary/aromatic N) is 3. The fourth-order valence-electron chi connectivity index (χ4n) is 2.07. The molecule has 0 radical (unpaired) electrons. The van der Waals surface area contributed by atoms with E-state index in [9.17, 15) is 4.79 Å². The standard InChI is InChI=1S/C15H17ClN4OS/c1-10(22-15-19-18-9-20(15)13-6-7-13)14(21)17-8-11-2-4-12(16)5-3-11/h2-5,9-10,13H,6-8H2,1H3,(H,17,21)/t10-/m1/s1. The summed E-state index contributed by atoms with van der Waals surface area (Å²) in [6.45, 7) is 2.38. The zero-order valence-corrected chi connectivity index (χ0v) is 13.8. The lowest BCUT2D eigenvalue weighted by atomic mass is 10.2. The molecule has 0 bridgehead atoms. The van der Waals surface area contributed by atoms with Gasteiger partial charge in [-0.25, -0.2) is 0 Å². The molecule has 1 aliphatic rings. The van der Waals surface area contributed by atoms with Gasteiger partial charge >= 0.3 is 0 Å². The van der Waals surface area contributed by atoms with Crippen LogP contribution in [0.25, 0.3) is 0 Å². The molecule has 0 spiro atoms. The minimum atomic E-state index is -0.214. The summed E-state index contributed by atoms with van der Waals surface area (Å²) in [5.41, 5.74) is 1.02. The molecule has 0 aliphatic heterocycles. The largest absolute Gasteiger partial charge is 0.351 e. The molecule has 22 heavy (non-hydrogen) atoms. The van der Waals surface area contributed by atoms with Crippen LogP contribution in [-0.2, 0) is 11.3 Å². The Balaban J connectivity index is 1.53. The number of hydrogen-bond donors (Lipinski definition) is 1. The summed E-state index contributed by atoms with van der Waals surface area (Å²) < 4.78 is 2.06. The highest BCUT2D eigenvalue weighted by atomic mass is 35.5. The van der Waals surface area contributed by atoms with Gasteiger partial charge in [0.2, 0.25) is 5.91 Å². The van der Waals surface area contributed by atoms with Gasteiger partial charge in [0.15, 0.2) is 5.16 Å². The van der Waals surface area contributed by atoms with Crippen LogP contribution in [0.2, 0.25) is 5.02 Å². The first-order chi connectivity index (χ1) is 10.6. The van der Waals surface area contributed by atoms with Crippen LogP contribution in [0.5, 0.6) is 0 Å². The van der Waals surface area contributed by atoms with Crippen molar-refractivity contribution < 1.29 is 4.79 Å². The van der Waals surface area contributed by atoms with E-state index in [-0.39, 0.29) is 11.2 Å². The van der Waals surface area contributed by atoms with E-state index in [0.717, 1.165) is 10.7 Å². The molecule has 1 aromatic heterocycles. The Hall–Kier alpha value is -1.53. The first kappa shape index (κ1) is 15.4. The third-order valence-corrected chi connectivity index (χ3v) is 4.83. The second-order valence-electron chi connectivity index (χ2n) is 5.36. The van der Waals surface area contributed by atoms with E-state index < -0.39 is 0 Å². The van der Waals surface area contributed by atoms with Gasteiger partial charge in [-0.05, 0) is 37.5 Å². The van der Waals surface area contributed by atoms with Gasteiger partial charge in [-0.15, -0.1) is 10.2 Å². The van der Waals surface area contributed by atoms with Gasteiger partial charge in [-0.3, -0.25) is 4.79 Å². The maximum atomic E-state index is 12.2. The van der Waals surface area contributed by atoms with E-state index in [0.29, 0.717) is 17.6 Å². The summed E-state index contributed by atoms with van der Waals surface area (Å²) in [6.07, 6.45) is 4.09. The van der Waals surface area contributed by atoms with Crippen LogP contribution in [0.1, 0.15) is 31.4 Å². The Morgan fingerprint density at radius 3 is 2.86 bits per heavy atom. The molecule has 1 amide bonds. The first-order valence-electron chi connectivity index (χ1n) is 7.22. The molecule has 1 aromatic carbocycles. The van der Waals surface area contributed by atoms with Crippen molar-refractivity contribution in [3.63, 3.8) is 0 Å². The van der Waals surface area contributed by atoms with Crippen LogP contribution in [0.3, 0.4) is 0 Å². The maximum absolute atomic E-state index is 12.2. The van der Waals surface area contributed by atoms with Crippen molar-refractivity contribution in [2.24, 2.45) is 0 Å². The lowest BCUT2D eigenvalue weighted by Crippen LogP contribution is -2.30. The monoisotopic (exact) mass is 336 g/mol. The molecule has 1 saturated carbocycles. The van der Waals surface area contributed by atoms with E-state index in [2.05, 4.69) is 20.1 Å². The third-order valence-electron chi connectivity index (χ3n) is 3.51. The van der Waals surface area contributed by atoms with Gasteiger partial charge in [0.1, 0.15) is 6.33 Å². The fraction of sp³-hybridized carbons (Fsp3) is 0.400. The summed E-state index contributed by atoms with van der Waals surface area (Å²) in [5, 5.41) is 12.3. The maximum Gasteiger partial charge on any atom is 0.233 e. The summed E-state index contributed by atoms with van der Waals surface area (Å²) in [7, 11) is 0. The molecule has 7 heteroatoms. The van der Waals surface area contributed by atoms with Crippen molar-refractivity contribution in [2.45, 2.75) is 42.8 Å². The predicted octanol–water partition coefficient (Wildman–Crippen LogP) is 3.06. The van der Waals surface area contributed by atoms with Crippen LogP contribution in [0, 0.1) is 0 Å². The number of aromatic nitrogens is 3. The molecular weight excluding hydrogens is 320 g/mol. The van der Waals surface area contributed by atoms with Crippen molar-refractivity contribution in [3.8, 4) is 0 Å². The van der Waals surface area contributed by atoms with E-state index >= 15 is 0 Å². The average molecular weight is 337 g/mol. The van der Waals surface area contributed by atoms with Crippen LogP contribution in [0.15, 0.2) is 35.7 Å². The van der Waals surface area contributed by atoms with E-state index in [4.69, 9.17) is 11.6 Å². The number of nitrogens with one attached hydrogen (secondary N) is 1. The number of amides is 1. The van der Waals surface area contributed by atoms with Crippen LogP contribution in [-0.4, -0.2) is 25.9 Å². The second kappa shape index (κ2) is 6.71. The topological polar surface area (TPSA) is 59.8 Å². The summed E-state index contributed by atoms with van der Waals surface area (Å²) in [4.78, 5) is 12.2. The molecular formula is C15H17ClN4OS. The number of thioether (sulfide) groups is 1. The Morgan fingerprint density at radius 1 is 1.45 bits per heavy atom. The SMILES string of the molecule is C[C@@H](Sc1nncn1C1CC1)C(=O)NCc1ccc(Cl)cc1. The molecule has 3 rings (SSSR count). The van der Waals surface area contributed by atoms with Crippen molar-refractivity contribution in [1.29, 1.82) is 0 Å². The summed E-state index contributed by atoms with van der Waals surface area (Å²) in [5.74, 6) is -0.00898. The molecule has 1 fully saturated rings. The van der Waals surface area contributed by atoms with Crippen molar-refractivity contribution in [3.05, 3.63) is 41.2 Å². The molecule has 1 heterocycles. The van der Waals surface area contributed by atoms with Gasteiger partial charge in [0.05, 0.1) is 5.25 Å². The number of carbonyl (C=O) groups excluding carboxylic acids is 1. The quantitative estimate of drug-likeness (QED) is 0.824.